The molecule has 1 heterocycles. The lowest BCUT2D eigenvalue weighted by molar-refractivity contribution is -0.118. The number of amides is 3. The van der Waals surface area contributed by atoms with Crippen molar-refractivity contribution in [2.24, 2.45) is 5.92 Å². The van der Waals surface area contributed by atoms with E-state index in [1.165, 1.54) is 5.56 Å². The van der Waals surface area contributed by atoms with Crippen LogP contribution in [0.2, 0.25) is 0 Å². The molecular formula is C27H38N4O3. The van der Waals surface area contributed by atoms with Crippen LogP contribution in [0.5, 0.6) is 5.75 Å². The topological polar surface area (TPSA) is 82.7 Å². The number of carbonyl (C=O) groups excluding carboxylic acids is 2. The van der Waals surface area contributed by atoms with E-state index in [4.69, 9.17) is 4.74 Å². The first-order valence-electron chi connectivity index (χ1n) is 12.4. The molecule has 3 N–H and O–H groups in total. The summed E-state index contributed by atoms with van der Waals surface area (Å²) in [4.78, 5) is 26.6. The number of piperidine rings is 1. The molecule has 2 aromatic rings. The van der Waals surface area contributed by atoms with E-state index in [9.17, 15) is 9.59 Å². The predicted molar refractivity (Wildman–Crippen MR) is 138 cm³/mol. The molecule has 7 heteroatoms. The zero-order valence-electron chi connectivity index (χ0n) is 20.6. The molecule has 7 nitrogen and oxygen atoms in total. The fourth-order valence-corrected chi connectivity index (χ4v) is 4.13. The highest BCUT2D eigenvalue weighted by Crippen LogP contribution is 2.29. The van der Waals surface area contributed by atoms with E-state index in [-0.39, 0.29) is 17.9 Å². The summed E-state index contributed by atoms with van der Waals surface area (Å²) in [5.74, 6) is 1.33. The Morgan fingerprint density at radius 2 is 1.76 bits per heavy atom. The van der Waals surface area contributed by atoms with Crippen molar-refractivity contribution in [3.05, 3.63) is 54.1 Å². The van der Waals surface area contributed by atoms with Gasteiger partial charge in [-0.05, 0) is 93.7 Å². The van der Waals surface area contributed by atoms with Crippen molar-refractivity contribution in [1.82, 2.24) is 10.2 Å². The van der Waals surface area contributed by atoms with Crippen molar-refractivity contribution in [3.8, 4) is 5.75 Å². The molecule has 0 aliphatic carbocycles. The number of hydrogen-bond donors (Lipinski definition) is 3. The number of carbonyl (C=O) groups is 2. The van der Waals surface area contributed by atoms with Gasteiger partial charge in [0.2, 0.25) is 5.91 Å². The normalized spacial score (nSPS) is 14.6. The molecule has 1 aliphatic heterocycles. The Kier molecular flexibility index (Phi) is 9.76. The molecule has 0 bridgehead atoms. The zero-order valence-corrected chi connectivity index (χ0v) is 20.6. The van der Waals surface area contributed by atoms with Crippen molar-refractivity contribution in [2.75, 3.05) is 43.4 Å². The van der Waals surface area contributed by atoms with Gasteiger partial charge in [-0.2, -0.15) is 0 Å². The summed E-state index contributed by atoms with van der Waals surface area (Å²) in [5.41, 5.74) is 2.93. The van der Waals surface area contributed by atoms with Crippen LogP contribution in [0.1, 0.15) is 51.5 Å². The number of rotatable bonds is 10. The molecule has 1 fully saturated rings. The fourth-order valence-electron chi connectivity index (χ4n) is 4.13. The number of nitrogens with zero attached hydrogens (tertiary/aromatic N) is 1. The van der Waals surface area contributed by atoms with Crippen LogP contribution in [0, 0.1) is 5.92 Å². The van der Waals surface area contributed by atoms with Crippen molar-refractivity contribution in [3.63, 3.8) is 0 Å². The number of likely N-dealkylation sites (tertiary alicyclic amines) is 1. The summed E-state index contributed by atoms with van der Waals surface area (Å²) in [6, 6.07) is 15.4. The van der Waals surface area contributed by atoms with Crippen molar-refractivity contribution in [1.29, 1.82) is 0 Å². The summed E-state index contributed by atoms with van der Waals surface area (Å²) in [7, 11) is 0. The molecule has 1 aliphatic rings. The Morgan fingerprint density at radius 1 is 1.03 bits per heavy atom. The van der Waals surface area contributed by atoms with Gasteiger partial charge in [0.05, 0.1) is 6.61 Å². The van der Waals surface area contributed by atoms with Gasteiger partial charge in [-0.3, -0.25) is 4.79 Å². The third-order valence-electron chi connectivity index (χ3n) is 6.10. The Morgan fingerprint density at radius 3 is 2.44 bits per heavy atom. The minimum Gasteiger partial charge on any atom is -0.494 e. The maximum absolute atomic E-state index is 12.1. The molecule has 0 radical (unpaired) electrons. The molecule has 0 saturated carbocycles. The lowest BCUT2D eigenvalue weighted by Crippen LogP contribution is -2.36. The van der Waals surface area contributed by atoms with Crippen LogP contribution in [-0.2, 0) is 4.79 Å². The summed E-state index contributed by atoms with van der Waals surface area (Å²) < 4.78 is 5.41. The van der Waals surface area contributed by atoms with Crippen LogP contribution >= 0.6 is 0 Å². The maximum atomic E-state index is 12.1. The van der Waals surface area contributed by atoms with E-state index in [1.54, 1.807) is 0 Å². The average molecular weight is 467 g/mol. The molecule has 2 aromatic carbocycles. The van der Waals surface area contributed by atoms with Gasteiger partial charge in [-0.25, -0.2) is 4.79 Å². The van der Waals surface area contributed by atoms with Crippen LogP contribution in [-0.4, -0.2) is 49.6 Å². The number of ether oxygens (including phenoxy) is 1. The van der Waals surface area contributed by atoms with E-state index in [2.05, 4.69) is 33.0 Å². The van der Waals surface area contributed by atoms with E-state index < -0.39 is 0 Å². The highest BCUT2D eigenvalue weighted by molar-refractivity contribution is 5.92. The molecule has 1 saturated heterocycles. The third-order valence-corrected chi connectivity index (χ3v) is 6.10. The van der Waals surface area contributed by atoms with Crippen molar-refractivity contribution < 1.29 is 14.3 Å². The van der Waals surface area contributed by atoms with E-state index in [0.717, 1.165) is 56.0 Å². The van der Waals surface area contributed by atoms with Gasteiger partial charge < -0.3 is 25.6 Å². The first-order valence-corrected chi connectivity index (χ1v) is 12.4. The second kappa shape index (κ2) is 13.0. The molecule has 34 heavy (non-hydrogen) atoms. The van der Waals surface area contributed by atoms with Gasteiger partial charge in [-0.15, -0.1) is 0 Å². The molecular weight excluding hydrogens is 428 g/mol. The standard InChI is InChI=1S/C27H38N4O3/c1-4-34-25-11-9-23(10-12-25)30-27(33)28-15-6-16-31-17-13-21(14-18-31)22-7-5-8-24(19-22)29-26(32)20(2)3/h5,7-12,19-21H,4,6,13-18H2,1-3H3,(H,29,32)(H2,28,30,33). The van der Waals surface area contributed by atoms with E-state index in [0.29, 0.717) is 19.1 Å². The van der Waals surface area contributed by atoms with Gasteiger partial charge in [0.25, 0.3) is 0 Å². The monoisotopic (exact) mass is 466 g/mol. The molecule has 0 spiro atoms. The summed E-state index contributed by atoms with van der Waals surface area (Å²) in [6.07, 6.45) is 3.12. The van der Waals surface area contributed by atoms with Gasteiger partial charge in [0, 0.05) is 23.8 Å². The molecule has 0 unspecified atom stereocenters. The quantitative estimate of drug-likeness (QED) is 0.427. The fraction of sp³-hybridized carbons (Fsp3) is 0.481. The van der Waals surface area contributed by atoms with Gasteiger partial charge in [0.1, 0.15) is 5.75 Å². The van der Waals surface area contributed by atoms with E-state index in [1.807, 2.05) is 57.2 Å². The van der Waals surface area contributed by atoms with Crippen molar-refractivity contribution in [2.45, 2.75) is 46.0 Å². The smallest absolute Gasteiger partial charge is 0.319 e. The minimum absolute atomic E-state index is 0.0281. The minimum atomic E-state index is -0.188. The lowest BCUT2D eigenvalue weighted by Gasteiger charge is -2.32. The van der Waals surface area contributed by atoms with E-state index >= 15 is 0 Å². The summed E-state index contributed by atoms with van der Waals surface area (Å²) >= 11 is 0. The van der Waals surface area contributed by atoms with Gasteiger partial charge in [0.15, 0.2) is 0 Å². The number of benzene rings is 2. The highest BCUT2D eigenvalue weighted by atomic mass is 16.5. The van der Waals surface area contributed by atoms with Crippen LogP contribution in [0.25, 0.3) is 0 Å². The van der Waals surface area contributed by atoms with Crippen LogP contribution in [0.3, 0.4) is 0 Å². The van der Waals surface area contributed by atoms with Crippen molar-refractivity contribution >= 4 is 23.3 Å². The Labute approximate surface area is 203 Å². The highest BCUT2D eigenvalue weighted by Gasteiger charge is 2.20. The van der Waals surface area contributed by atoms with Crippen LogP contribution in [0.4, 0.5) is 16.2 Å². The second-order valence-corrected chi connectivity index (χ2v) is 9.08. The second-order valence-electron chi connectivity index (χ2n) is 9.08. The first-order chi connectivity index (χ1) is 16.4. The number of urea groups is 1. The van der Waals surface area contributed by atoms with Gasteiger partial charge in [-0.1, -0.05) is 26.0 Å². The summed E-state index contributed by atoms with van der Waals surface area (Å²) in [6.45, 7) is 10.1. The molecule has 184 valence electrons. The molecule has 0 aromatic heterocycles. The maximum Gasteiger partial charge on any atom is 0.319 e. The molecule has 3 amide bonds. The SMILES string of the molecule is CCOc1ccc(NC(=O)NCCCN2CCC(c3cccc(NC(=O)C(C)C)c3)CC2)cc1. The van der Waals surface area contributed by atoms with Gasteiger partial charge >= 0.3 is 6.03 Å². The largest absolute Gasteiger partial charge is 0.494 e. The first kappa shape index (κ1) is 25.6. The average Bonchev–Trinajstić information content (AvgIpc) is 2.84. The molecule has 0 atom stereocenters. The number of anilines is 2. The Bertz CT molecular complexity index is 922. The molecule has 3 rings (SSSR count). The Balaban J connectivity index is 1.33. The predicted octanol–water partition coefficient (Wildman–Crippen LogP) is 5.07. The number of nitrogens with one attached hydrogen (secondary N) is 3. The Hall–Kier alpha value is -3.06. The number of hydrogen-bond acceptors (Lipinski definition) is 4. The van der Waals surface area contributed by atoms with Crippen LogP contribution in [0.15, 0.2) is 48.5 Å². The zero-order chi connectivity index (χ0) is 24.3. The summed E-state index contributed by atoms with van der Waals surface area (Å²) in [5, 5.41) is 8.78. The third kappa shape index (κ3) is 8.06. The van der Waals surface area contributed by atoms with Crippen LogP contribution < -0.4 is 20.7 Å². The lowest BCUT2D eigenvalue weighted by atomic mass is 9.89.